The van der Waals surface area contributed by atoms with Gasteiger partial charge in [0.2, 0.25) is 0 Å². The highest BCUT2D eigenvalue weighted by atomic mass is 16.5. The van der Waals surface area contributed by atoms with Gasteiger partial charge < -0.3 is 9.84 Å². The highest BCUT2D eigenvalue weighted by Crippen LogP contribution is 2.46. The average Bonchev–Trinajstić information content (AvgIpc) is 3.18. The van der Waals surface area contributed by atoms with E-state index in [1.54, 1.807) is 6.92 Å². The van der Waals surface area contributed by atoms with Crippen molar-refractivity contribution in [3.05, 3.63) is 75.8 Å². The molecule has 1 fully saturated rings. The number of aliphatic hydroxyl groups excluding tert-OH is 1. The molecular weight excluding hydrogens is 350 g/mol. The second-order valence-corrected chi connectivity index (χ2v) is 8.05. The Bertz CT molecular complexity index is 1010. The molecule has 1 N–H and O–H groups in total. The van der Waals surface area contributed by atoms with Crippen LogP contribution in [0.2, 0.25) is 0 Å². The smallest absolute Gasteiger partial charge is 0.174 e. The molecule has 1 saturated heterocycles. The number of anilines is 1. The van der Waals surface area contributed by atoms with Crippen molar-refractivity contribution in [2.24, 2.45) is 5.10 Å². The topological polar surface area (TPSA) is 48.3 Å². The van der Waals surface area contributed by atoms with Crippen molar-refractivity contribution < 1.29 is 9.84 Å². The van der Waals surface area contributed by atoms with Gasteiger partial charge in [-0.05, 0) is 49.9 Å². The van der Waals surface area contributed by atoms with E-state index in [9.17, 15) is 5.11 Å². The van der Waals surface area contributed by atoms with Crippen LogP contribution in [0.4, 0.5) is 5.69 Å². The summed E-state index contributed by atoms with van der Waals surface area (Å²) < 4.78 is 6.19. The lowest BCUT2D eigenvalue weighted by molar-refractivity contribution is 0.0119. The van der Waals surface area contributed by atoms with Crippen molar-refractivity contribution in [1.82, 2.24) is 4.90 Å². The van der Waals surface area contributed by atoms with E-state index in [4.69, 9.17) is 9.84 Å². The number of nitrogens with zero attached hydrogens (tertiary/aromatic N) is 3. The fourth-order valence-electron chi connectivity index (χ4n) is 4.99. The molecule has 2 aromatic carbocycles. The number of amidine groups is 1. The molecule has 2 heterocycles. The summed E-state index contributed by atoms with van der Waals surface area (Å²) >= 11 is 0. The molecule has 0 aromatic heterocycles. The van der Waals surface area contributed by atoms with Gasteiger partial charge in [0.25, 0.3) is 0 Å². The number of allylic oxidation sites excluding steroid dienone is 1. The summed E-state index contributed by atoms with van der Waals surface area (Å²) in [6.45, 7) is 8.49. The number of benzene rings is 2. The number of aryl methyl sites for hydroxylation is 3. The van der Waals surface area contributed by atoms with Crippen LogP contribution in [0.15, 0.2) is 53.1 Å². The van der Waals surface area contributed by atoms with E-state index in [0.717, 1.165) is 34.9 Å². The van der Waals surface area contributed by atoms with Gasteiger partial charge in [-0.25, -0.2) is 5.01 Å². The van der Waals surface area contributed by atoms with Gasteiger partial charge in [0.1, 0.15) is 12.4 Å². The zero-order valence-corrected chi connectivity index (χ0v) is 16.7. The van der Waals surface area contributed by atoms with Gasteiger partial charge in [-0.1, -0.05) is 42.0 Å². The first-order valence-corrected chi connectivity index (χ1v) is 9.79. The van der Waals surface area contributed by atoms with Crippen molar-refractivity contribution in [1.29, 1.82) is 0 Å². The molecule has 5 rings (SSSR count). The molecule has 144 valence electrons. The van der Waals surface area contributed by atoms with Gasteiger partial charge >= 0.3 is 0 Å². The van der Waals surface area contributed by atoms with Gasteiger partial charge in [0.05, 0.1) is 17.8 Å². The predicted molar refractivity (Wildman–Crippen MR) is 110 cm³/mol. The lowest BCUT2D eigenvalue weighted by Crippen LogP contribution is -2.45. The molecule has 2 aromatic rings. The molecule has 0 bridgehead atoms. The Hall–Kier alpha value is -2.79. The van der Waals surface area contributed by atoms with Crippen molar-refractivity contribution in [2.45, 2.75) is 46.3 Å². The van der Waals surface area contributed by atoms with Gasteiger partial charge in [-0.3, -0.25) is 4.90 Å². The van der Waals surface area contributed by atoms with Gasteiger partial charge in [-0.2, -0.15) is 0 Å². The fourth-order valence-corrected chi connectivity index (χ4v) is 4.99. The molecule has 1 aliphatic carbocycles. The maximum Gasteiger partial charge on any atom is 0.174 e. The number of hydrazone groups is 1. The van der Waals surface area contributed by atoms with Crippen LogP contribution in [-0.2, 0) is 11.2 Å². The van der Waals surface area contributed by atoms with Crippen molar-refractivity contribution in [3.8, 4) is 0 Å². The zero-order valence-electron chi connectivity index (χ0n) is 16.7. The molecule has 5 nitrogen and oxygen atoms in total. The normalized spacial score (nSPS) is 24.6. The van der Waals surface area contributed by atoms with Crippen molar-refractivity contribution in [2.75, 3.05) is 11.6 Å². The highest BCUT2D eigenvalue weighted by Gasteiger charge is 2.48. The Morgan fingerprint density at radius 1 is 1.14 bits per heavy atom. The van der Waals surface area contributed by atoms with E-state index in [2.05, 4.69) is 62.1 Å². The summed E-state index contributed by atoms with van der Waals surface area (Å²) in [5, 5.41) is 17.5. The summed E-state index contributed by atoms with van der Waals surface area (Å²) in [7, 11) is 0. The highest BCUT2D eigenvalue weighted by molar-refractivity contribution is 5.92. The molecule has 0 spiro atoms. The van der Waals surface area contributed by atoms with Crippen LogP contribution in [0.1, 0.15) is 40.8 Å². The number of rotatable bonds is 1. The first-order valence-electron chi connectivity index (χ1n) is 9.79. The molecular formula is C23H25N3O2. The summed E-state index contributed by atoms with van der Waals surface area (Å²) in [5.74, 6) is 1.85. The third-order valence-corrected chi connectivity index (χ3v) is 5.94. The fraction of sp³-hybridized carbons (Fsp3) is 0.348. The Kier molecular flexibility index (Phi) is 3.78. The summed E-state index contributed by atoms with van der Waals surface area (Å²) in [6.07, 6.45) is 0.969. The average molecular weight is 375 g/mol. The number of ether oxygens (including phenoxy) is 1. The Morgan fingerprint density at radius 2 is 1.86 bits per heavy atom. The second-order valence-electron chi connectivity index (χ2n) is 8.05. The Morgan fingerprint density at radius 3 is 2.57 bits per heavy atom. The molecule has 3 aliphatic rings. The number of hydrogen-bond donors (Lipinski definition) is 1. The first-order chi connectivity index (χ1) is 13.5. The number of fused-ring (bicyclic) bond motifs is 5. The predicted octanol–water partition coefficient (Wildman–Crippen LogP) is 4.49. The Balaban J connectivity index is 1.66. The minimum Gasteiger partial charge on any atom is -0.509 e. The summed E-state index contributed by atoms with van der Waals surface area (Å²) in [6, 6.07) is 12.9. The summed E-state index contributed by atoms with van der Waals surface area (Å²) in [4.78, 5) is 2.19. The maximum absolute atomic E-state index is 10.7. The third kappa shape index (κ3) is 2.39. The quantitative estimate of drug-likeness (QED) is 0.746. The van der Waals surface area contributed by atoms with Gasteiger partial charge in [-0.15, -0.1) is 5.10 Å². The van der Waals surface area contributed by atoms with Crippen LogP contribution in [0.5, 0.6) is 0 Å². The van der Waals surface area contributed by atoms with Crippen molar-refractivity contribution >= 4 is 11.5 Å². The van der Waals surface area contributed by atoms with Gasteiger partial charge in [0, 0.05) is 6.42 Å². The van der Waals surface area contributed by atoms with Gasteiger partial charge in [0.15, 0.2) is 11.7 Å². The van der Waals surface area contributed by atoms with E-state index in [1.807, 2.05) is 5.01 Å². The third-order valence-electron chi connectivity index (χ3n) is 5.94. The van der Waals surface area contributed by atoms with Crippen LogP contribution >= 0.6 is 0 Å². The molecule has 0 radical (unpaired) electrons. The number of aliphatic hydroxyl groups is 1. The number of morpholine rings is 1. The SMILES string of the molecule is C/C(O)=C1\N(c2c(C)cc(C)cc2C)N=C2CO[C@@H]3Cc4ccccc4[C@@H]3N21. The van der Waals surface area contributed by atoms with E-state index in [0.29, 0.717) is 6.61 Å². The van der Waals surface area contributed by atoms with Crippen LogP contribution in [0.3, 0.4) is 0 Å². The monoisotopic (exact) mass is 375 g/mol. The lowest BCUT2D eigenvalue weighted by atomic mass is 10.0. The van der Waals surface area contributed by atoms with Crippen LogP contribution in [0, 0.1) is 20.8 Å². The maximum atomic E-state index is 10.7. The lowest BCUT2D eigenvalue weighted by Gasteiger charge is -2.38. The molecule has 0 amide bonds. The van der Waals surface area contributed by atoms with Crippen LogP contribution in [0.25, 0.3) is 0 Å². The van der Waals surface area contributed by atoms with E-state index in [1.165, 1.54) is 16.7 Å². The molecule has 5 heteroatoms. The van der Waals surface area contributed by atoms with E-state index in [-0.39, 0.29) is 17.9 Å². The minimum atomic E-state index is 0.0388. The van der Waals surface area contributed by atoms with Crippen molar-refractivity contribution in [3.63, 3.8) is 0 Å². The molecule has 0 saturated carbocycles. The standard InChI is InChI=1S/C23H25N3O2/c1-13-9-14(2)21(15(3)10-13)26-23(16(4)27)25-20(24-26)12-28-19-11-17-7-5-6-8-18(17)22(19)25/h5-10,19,22,27H,11-12H2,1-4H3/b23-16+/t19-,22+/m1/s1. The summed E-state index contributed by atoms with van der Waals surface area (Å²) in [5.41, 5.74) is 7.11. The molecule has 0 unspecified atom stereocenters. The molecule has 2 atom stereocenters. The van der Waals surface area contributed by atoms with E-state index >= 15 is 0 Å². The largest absolute Gasteiger partial charge is 0.509 e. The van der Waals surface area contributed by atoms with Crippen LogP contribution < -0.4 is 5.01 Å². The van der Waals surface area contributed by atoms with Crippen LogP contribution in [-0.4, -0.2) is 28.6 Å². The second kappa shape index (κ2) is 6.11. The zero-order chi connectivity index (χ0) is 19.6. The minimum absolute atomic E-state index is 0.0388. The first kappa shape index (κ1) is 17.3. The number of hydrogen-bond acceptors (Lipinski definition) is 5. The molecule has 28 heavy (non-hydrogen) atoms. The van der Waals surface area contributed by atoms with E-state index < -0.39 is 0 Å². The molecule has 2 aliphatic heterocycles. The Labute approximate surface area is 165 Å².